The Hall–Kier alpha value is -1.09. The van der Waals surface area contributed by atoms with E-state index in [1.165, 1.54) is 0 Å². The minimum atomic E-state index is -0.172. The van der Waals surface area contributed by atoms with Gasteiger partial charge in [0.25, 0.3) is 0 Å². The van der Waals surface area contributed by atoms with Gasteiger partial charge in [-0.3, -0.25) is 0 Å². The van der Waals surface area contributed by atoms with E-state index in [4.69, 9.17) is 4.74 Å². The summed E-state index contributed by atoms with van der Waals surface area (Å²) in [6.07, 6.45) is 1.16. The van der Waals surface area contributed by atoms with Crippen LogP contribution < -0.4 is 10.1 Å². The molecule has 20 heavy (non-hydrogen) atoms. The number of nitrogens with one attached hydrogen (secondary N) is 1. The van der Waals surface area contributed by atoms with E-state index in [0.29, 0.717) is 11.5 Å². The van der Waals surface area contributed by atoms with E-state index in [9.17, 15) is 4.39 Å². The van der Waals surface area contributed by atoms with Crippen LogP contribution in [0.1, 0.15) is 58.2 Å². The molecule has 0 spiro atoms. The molecule has 0 aromatic heterocycles. The monoisotopic (exact) mass is 281 g/mol. The van der Waals surface area contributed by atoms with Crippen LogP contribution in [0.5, 0.6) is 5.75 Å². The van der Waals surface area contributed by atoms with Gasteiger partial charge in [-0.25, -0.2) is 4.39 Å². The molecule has 0 heterocycles. The Morgan fingerprint density at radius 3 is 2.40 bits per heavy atom. The number of aryl methyl sites for hydroxylation is 1. The normalized spacial score (nSPS) is 14.4. The van der Waals surface area contributed by atoms with Gasteiger partial charge in [-0.15, -0.1) is 0 Å². The largest absolute Gasteiger partial charge is 0.490 e. The van der Waals surface area contributed by atoms with Crippen LogP contribution in [0.3, 0.4) is 0 Å². The second-order valence-electron chi connectivity index (χ2n) is 5.88. The van der Waals surface area contributed by atoms with Crippen LogP contribution in [0, 0.1) is 18.7 Å². The zero-order valence-corrected chi connectivity index (χ0v) is 13.6. The average Bonchev–Trinajstić information content (AvgIpc) is 2.39. The Balaban J connectivity index is 3.03. The van der Waals surface area contributed by atoms with Crippen LogP contribution in [0.25, 0.3) is 0 Å². The smallest absolute Gasteiger partial charge is 0.126 e. The summed E-state index contributed by atoms with van der Waals surface area (Å²) in [5.74, 6) is 1.04. The van der Waals surface area contributed by atoms with Gasteiger partial charge in [-0.1, -0.05) is 20.8 Å². The molecule has 0 radical (unpaired) electrons. The highest BCUT2D eigenvalue weighted by molar-refractivity contribution is 5.40. The minimum absolute atomic E-state index is 0.0828. The predicted octanol–water partition coefficient (Wildman–Crippen LogP) is 4.62. The van der Waals surface area contributed by atoms with Gasteiger partial charge in [-0.2, -0.15) is 0 Å². The summed E-state index contributed by atoms with van der Waals surface area (Å²) in [7, 11) is 0. The highest BCUT2D eigenvalue weighted by Crippen LogP contribution is 2.30. The summed E-state index contributed by atoms with van der Waals surface area (Å²) < 4.78 is 19.9. The first-order valence-electron chi connectivity index (χ1n) is 7.56. The van der Waals surface area contributed by atoms with Crippen LogP contribution in [0.4, 0.5) is 4.39 Å². The molecule has 1 aromatic carbocycles. The fourth-order valence-electron chi connectivity index (χ4n) is 1.92. The Labute approximate surface area is 122 Å². The van der Waals surface area contributed by atoms with Crippen molar-refractivity contribution < 1.29 is 9.13 Å². The minimum Gasteiger partial charge on any atom is -0.490 e. The lowest BCUT2D eigenvalue weighted by atomic mass is 10.0. The van der Waals surface area contributed by atoms with Gasteiger partial charge in [0.1, 0.15) is 11.6 Å². The summed E-state index contributed by atoms with van der Waals surface area (Å²) in [5.41, 5.74) is 1.52. The summed E-state index contributed by atoms with van der Waals surface area (Å²) in [6.45, 7) is 13.2. The van der Waals surface area contributed by atoms with Gasteiger partial charge in [0.15, 0.2) is 0 Å². The molecule has 0 fully saturated rings. The standard InChI is InChI=1S/C17H28FNO/c1-7-8-19-13(5)15-10-16(18)12(4)9-17(15)20-14(6)11(2)3/h9-11,13-14,19H,7-8H2,1-6H3. The van der Waals surface area contributed by atoms with Gasteiger partial charge >= 0.3 is 0 Å². The summed E-state index contributed by atoms with van der Waals surface area (Å²) in [4.78, 5) is 0. The summed E-state index contributed by atoms with van der Waals surface area (Å²) >= 11 is 0. The van der Waals surface area contributed by atoms with E-state index < -0.39 is 0 Å². The highest BCUT2D eigenvalue weighted by atomic mass is 19.1. The third kappa shape index (κ3) is 4.48. The summed E-state index contributed by atoms with van der Waals surface area (Å²) in [6, 6.07) is 3.50. The molecule has 2 atom stereocenters. The van der Waals surface area contributed by atoms with E-state index in [1.54, 1.807) is 13.0 Å². The van der Waals surface area contributed by atoms with Crippen molar-refractivity contribution in [2.75, 3.05) is 6.54 Å². The van der Waals surface area contributed by atoms with Crippen molar-refractivity contribution in [3.8, 4) is 5.75 Å². The van der Waals surface area contributed by atoms with E-state index in [-0.39, 0.29) is 18.0 Å². The molecule has 0 saturated carbocycles. The van der Waals surface area contributed by atoms with E-state index >= 15 is 0 Å². The number of hydrogen-bond donors (Lipinski definition) is 1. The van der Waals surface area contributed by atoms with Crippen LogP contribution in [0.2, 0.25) is 0 Å². The molecule has 3 heteroatoms. The van der Waals surface area contributed by atoms with Crippen molar-refractivity contribution in [2.45, 2.75) is 60.1 Å². The van der Waals surface area contributed by atoms with Gasteiger partial charge in [-0.05, 0) is 57.4 Å². The first-order chi connectivity index (χ1) is 9.36. The van der Waals surface area contributed by atoms with Crippen LogP contribution in [-0.2, 0) is 0 Å². The van der Waals surface area contributed by atoms with Crippen molar-refractivity contribution >= 4 is 0 Å². The van der Waals surface area contributed by atoms with Crippen LogP contribution in [0.15, 0.2) is 12.1 Å². The molecule has 0 amide bonds. The van der Waals surface area contributed by atoms with Crippen molar-refractivity contribution in [3.63, 3.8) is 0 Å². The molecule has 114 valence electrons. The quantitative estimate of drug-likeness (QED) is 0.787. The molecule has 0 aliphatic heterocycles. The predicted molar refractivity (Wildman–Crippen MR) is 82.8 cm³/mol. The number of rotatable bonds is 7. The molecule has 2 unspecified atom stereocenters. The molecule has 2 nitrogen and oxygen atoms in total. The first kappa shape index (κ1) is 17.0. The zero-order valence-electron chi connectivity index (χ0n) is 13.6. The molecule has 1 N–H and O–H groups in total. The Kier molecular flexibility index (Phi) is 6.47. The van der Waals surface area contributed by atoms with E-state index in [1.807, 2.05) is 13.0 Å². The number of benzene rings is 1. The van der Waals surface area contributed by atoms with Crippen LogP contribution in [-0.4, -0.2) is 12.6 Å². The van der Waals surface area contributed by atoms with E-state index in [2.05, 4.69) is 33.0 Å². The lowest BCUT2D eigenvalue weighted by Crippen LogP contribution is -2.23. The molecular formula is C17H28FNO. The average molecular weight is 281 g/mol. The molecule has 0 aliphatic carbocycles. The van der Waals surface area contributed by atoms with Crippen molar-refractivity contribution in [1.82, 2.24) is 5.32 Å². The molecule has 0 bridgehead atoms. The Bertz CT molecular complexity index is 431. The molecular weight excluding hydrogens is 253 g/mol. The second kappa shape index (κ2) is 7.63. The zero-order chi connectivity index (χ0) is 15.3. The maximum absolute atomic E-state index is 13.9. The van der Waals surface area contributed by atoms with Crippen molar-refractivity contribution in [3.05, 3.63) is 29.1 Å². The lowest BCUT2D eigenvalue weighted by molar-refractivity contribution is 0.167. The maximum Gasteiger partial charge on any atom is 0.126 e. The third-order valence-corrected chi connectivity index (χ3v) is 3.71. The molecule has 0 aliphatic rings. The fourth-order valence-corrected chi connectivity index (χ4v) is 1.92. The molecule has 1 rings (SSSR count). The topological polar surface area (TPSA) is 21.3 Å². The van der Waals surface area contributed by atoms with Crippen molar-refractivity contribution in [2.24, 2.45) is 5.92 Å². The number of hydrogen-bond acceptors (Lipinski definition) is 2. The lowest BCUT2D eigenvalue weighted by Gasteiger charge is -2.24. The Morgan fingerprint density at radius 2 is 1.85 bits per heavy atom. The van der Waals surface area contributed by atoms with Crippen molar-refractivity contribution in [1.29, 1.82) is 0 Å². The van der Waals surface area contributed by atoms with E-state index in [0.717, 1.165) is 24.3 Å². The first-order valence-corrected chi connectivity index (χ1v) is 7.56. The number of ether oxygens (including phenoxy) is 1. The van der Waals surface area contributed by atoms with Crippen LogP contribution >= 0.6 is 0 Å². The molecule has 1 aromatic rings. The molecule has 0 saturated heterocycles. The Morgan fingerprint density at radius 1 is 1.20 bits per heavy atom. The SMILES string of the molecule is CCCNC(C)c1cc(F)c(C)cc1OC(C)C(C)C. The summed E-state index contributed by atoms with van der Waals surface area (Å²) in [5, 5.41) is 3.39. The number of halogens is 1. The van der Waals surface area contributed by atoms with Gasteiger partial charge < -0.3 is 10.1 Å². The maximum atomic E-state index is 13.9. The highest BCUT2D eigenvalue weighted by Gasteiger charge is 2.17. The van der Waals surface area contributed by atoms with Gasteiger partial charge in [0.2, 0.25) is 0 Å². The van der Waals surface area contributed by atoms with Gasteiger partial charge in [0.05, 0.1) is 6.10 Å². The fraction of sp³-hybridized carbons (Fsp3) is 0.647. The second-order valence-corrected chi connectivity index (χ2v) is 5.88. The third-order valence-electron chi connectivity index (χ3n) is 3.71. The van der Waals surface area contributed by atoms with Gasteiger partial charge in [0, 0.05) is 11.6 Å².